The maximum absolute atomic E-state index is 12.7. The van der Waals surface area contributed by atoms with E-state index in [0.29, 0.717) is 6.42 Å². The van der Waals surface area contributed by atoms with Gasteiger partial charge in [-0.15, -0.1) is 11.3 Å². The lowest BCUT2D eigenvalue weighted by molar-refractivity contribution is -0.136. The summed E-state index contributed by atoms with van der Waals surface area (Å²) in [7, 11) is 0. The van der Waals surface area contributed by atoms with E-state index >= 15 is 0 Å². The van der Waals surface area contributed by atoms with Gasteiger partial charge in [-0.3, -0.25) is 14.8 Å². The first kappa shape index (κ1) is 15.9. The van der Waals surface area contributed by atoms with Crippen LogP contribution < -0.4 is 0 Å². The van der Waals surface area contributed by atoms with Crippen LogP contribution in [0.15, 0.2) is 53.2 Å². The zero-order valence-corrected chi connectivity index (χ0v) is 14.9. The molecule has 0 saturated carbocycles. The maximum atomic E-state index is 12.7. The lowest BCUT2D eigenvalue weighted by Crippen LogP contribution is -2.30. The van der Waals surface area contributed by atoms with Crippen LogP contribution in [0.2, 0.25) is 0 Å². The van der Waals surface area contributed by atoms with Crippen molar-refractivity contribution in [1.82, 2.24) is 15.0 Å². The molecule has 1 unspecified atom stereocenters. The molecule has 1 amide bonds. The van der Waals surface area contributed by atoms with Crippen molar-refractivity contribution >= 4 is 34.0 Å². The summed E-state index contributed by atoms with van der Waals surface area (Å²) >= 11 is 1.65. The summed E-state index contributed by atoms with van der Waals surface area (Å²) in [5.41, 5.74) is 3.69. The molecule has 2 aromatic heterocycles. The minimum absolute atomic E-state index is 0.0378. The summed E-state index contributed by atoms with van der Waals surface area (Å²) in [6, 6.07) is 9.96. The summed E-state index contributed by atoms with van der Waals surface area (Å²) in [5.74, 6) is -0.0648. The first-order chi connectivity index (χ1) is 12.1. The van der Waals surface area contributed by atoms with Crippen LogP contribution in [0.3, 0.4) is 0 Å². The Morgan fingerprint density at radius 3 is 2.72 bits per heavy atom. The molecule has 0 aliphatic carbocycles. The standard InChI is InChI=1S/C19H18N4OS/c1-12(2)19(24)23-17(11-16(22-23)18-4-3-9-25-18)13-5-6-14-15(10-13)21-8-7-20-14/h3-10,12,17H,11H2,1-2H3. The number of carbonyl (C=O) groups is 1. The molecule has 1 aliphatic rings. The molecule has 4 rings (SSSR count). The van der Waals surface area contributed by atoms with E-state index < -0.39 is 0 Å². The Balaban J connectivity index is 1.74. The van der Waals surface area contributed by atoms with Gasteiger partial charge in [0.15, 0.2) is 0 Å². The van der Waals surface area contributed by atoms with E-state index in [2.05, 4.69) is 21.1 Å². The Labute approximate surface area is 150 Å². The lowest BCUT2D eigenvalue weighted by Gasteiger charge is -2.23. The second kappa shape index (κ2) is 6.37. The first-order valence-corrected chi connectivity index (χ1v) is 9.16. The van der Waals surface area contributed by atoms with Crippen molar-refractivity contribution in [3.05, 3.63) is 58.5 Å². The Morgan fingerprint density at radius 2 is 2.00 bits per heavy atom. The third-order valence-corrected chi connectivity index (χ3v) is 5.23. The molecular weight excluding hydrogens is 332 g/mol. The fourth-order valence-corrected chi connectivity index (χ4v) is 3.74. The monoisotopic (exact) mass is 350 g/mol. The number of rotatable bonds is 3. The van der Waals surface area contributed by atoms with E-state index in [1.165, 1.54) is 0 Å². The number of nitrogens with zero attached hydrogens (tertiary/aromatic N) is 4. The van der Waals surface area contributed by atoms with Gasteiger partial charge >= 0.3 is 0 Å². The third-order valence-electron chi connectivity index (χ3n) is 4.31. The number of thiophene rings is 1. The second-order valence-electron chi connectivity index (χ2n) is 6.39. The molecule has 0 radical (unpaired) electrons. The highest BCUT2D eigenvalue weighted by Crippen LogP contribution is 2.35. The average molecular weight is 350 g/mol. The summed E-state index contributed by atoms with van der Waals surface area (Å²) in [6.07, 6.45) is 4.08. The molecule has 3 heterocycles. The van der Waals surface area contributed by atoms with Crippen LogP contribution in [0.1, 0.15) is 36.8 Å². The van der Waals surface area contributed by atoms with Gasteiger partial charge in [-0.1, -0.05) is 26.0 Å². The lowest BCUT2D eigenvalue weighted by atomic mass is 9.99. The van der Waals surface area contributed by atoms with Crippen molar-refractivity contribution in [2.45, 2.75) is 26.3 Å². The van der Waals surface area contributed by atoms with Gasteiger partial charge in [0.1, 0.15) is 0 Å². The molecule has 0 N–H and O–H groups in total. The minimum atomic E-state index is -0.103. The van der Waals surface area contributed by atoms with Gasteiger partial charge in [-0.2, -0.15) is 5.10 Å². The number of hydrazone groups is 1. The molecule has 0 saturated heterocycles. The van der Waals surface area contributed by atoms with Crippen LogP contribution in [-0.4, -0.2) is 26.6 Å². The molecule has 1 aliphatic heterocycles. The zero-order valence-electron chi connectivity index (χ0n) is 14.1. The highest BCUT2D eigenvalue weighted by Gasteiger charge is 2.34. The normalized spacial score (nSPS) is 17.3. The van der Waals surface area contributed by atoms with Crippen molar-refractivity contribution in [1.29, 1.82) is 0 Å². The molecule has 25 heavy (non-hydrogen) atoms. The predicted molar refractivity (Wildman–Crippen MR) is 99.4 cm³/mol. The summed E-state index contributed by atoms with van der Waals surface area (Å²) in [6.45, 7) is 3.81. The Kier molecular flexibility index (Phi) is 4.05. The zero-order chi connectivity index (χ0) is 17.4. The van der Waals surface area contributed by atoms with E-state index in [-0.39, 0.29) is 17.9 Å². The number of hydrogen-bond donors (Lipinski definition) is 0. The second-order valence-corrected chi connectivity index (χ2v) is 7.33. The van der Waals surface area contributed by atoms with Crippen molar-refractivity contribution in [2.24, 2.45) is 11.0 Å². The van der Waals surface area contributed by atoms with Crippen LogP contribution in [0.4, 0.5) is 0 Å². The molecule has 6 heteroatoms. The Hall–Kier alpha value is -2.60. The highest BCUT2D eigenvalue weighted by molar-refractivity contribution is 7.12. The largest absolute Gasteiger partial charge is 0.273 e. The van der Waals surface area contributed by atoms with E-state index in [1.807, 2.05) is 43.5 Å². The number of amides is 1. The summed E-state index contributed by atoms with van der Waals surface area (Å²) in [4.78, 5) is 22.5. The highest BCUT2D eigenvalue weighted by atomic mass is 32.1. The fourth-order valence-electron chi connectivity index (χ4n) is 3.02. The van der Waals surface area contributed by atoms with Crippen LogP contribution in [-0.2, 0) is 4.79 Å². The number of fused-ring (bicyclic) bond motifs is 1. The van der Waals surface area contributed by atoms with Crippen molar-refractivity contribution in [3.8, 4) is 0 Å². The van der Waals surface area contributed by atoms with Crippen LogP contribution in [0.25, 0.3) is 11.0 Å². The van der Waals surface area contributed by atoms with Gasteiger partial charge in [-0.25, -0.2) is 5.01 Å². The average Bonchev–Trinajstić information content (AvgIpc) is 3.30. The van der Waals surface area contributed by atoms with Gasteiger partial charge in [0, 0.05) is 24.7 Å². The fraction of sp³-hybridized carbons (Fsp3) is 0.263. The molecule has 126 valence electrons. The number of aromatic nitrogens is 2. The molecule has 3 aromatic rings. The molecule has 0 bridgehead atoms. The number of carbonyl (C=O) groups excluding carboxylic acids is 1. The summed E-state index contributed by atoms with van der Waals surface area (Å²) in [5, 5.41) is 8.35. The molecule has 0 spiro atoms. The van der Waals surface area contributed by atoms with Crippen LogP contribution in [0, 0.1) is 5.92 Å². The number of benzene rings is 1. The van der Waals surface area contributed by atoms with Crippen molar-refractivity contribution in [2.75, 3.05) is 0 Å². The Morgan fingerprint density at radius 1 is 1.20 bits per heavy atom. The minimum Gasteiger partial charge on any atom is -0.273 e. The molecule has 1 atom stereocenters. The first-order valence-electron chi connectivity index (χ1n) is 8.28. The van der Waals surface area contributed by atoms with E-state index in [4.69, 9.17) is 0 Å². The quantitative estimate of drug-likeness (QED) is 0.717. The third kappa shape index (κ3) is 2.93. The van der Waals surface area contributed by atoms with E-state index in [9.17, 15) is 4.79 Å². The van der Waals surface area contributed by atoms with Crippen LogP contribution >= 0.6 is 11.3 Å². The van der Waals surface area contributed by atoms with E-state index in [0.717, 1.165) is 27.2 Å². The van der Waals surface area contributed by atoms with Gasteiger partial charge in [0.2, 0.25) is 5.91 Å². The molecular formula is C19H18N4OS. The number of hydrogen-bond acceptors (Lipinski definition) is 5. The van der Waals surface area contributed by atoms with E-state index in [1.54, 1.807) is 28.7 Å². The SMILES string of the molecule is CC(C)C(=O)N1N=C(c2cccs2)CC1c1ccc2nccnc2c1. The van der Waals surface area contributed by atoms with Gasteiger partial charge in [-0.05, 0) is 29.1 Å². The van der Waals surface area contributed by atoms with Crippen LogP contribution in [0.5, 0.6) is 0 Å². The molecule has 1 aromatic carbocycles. The van der Waals surface area contributed by atoms with Gasteiger partial charge in [0.05, 0.1) is 27.7 Å². The predicted octanol–water partition coefficient (Wildman–Crippen LogP) is 4.03. The topological polar surface area (TPSA) is 58.5 Å². The van der Waals surface area contributed by atoms with Gasteiger partial charge in [0.25, 0.3) is 0 Å². The molecule has 0 fully saturated rings. The summed E-state index contributed by atoms with van der Waals surface area (Å²) < 4.78 is 0. The van der Waals surface area contributed by atoms with Crippen molar-refractivity contribution < 1.29 is 4.79 Å². The molecule has 5 nitrogen and oxygen atoms in total. The van der Waals surface area contributed by atoms with Gasteiger partial charge < -0.3 is 0 Å². The van der Waals surface area contributed by atoms with Crippen molar-refractivity contribution in [3.63, 3.8) is 0 Å². The smallest absolute Gasteiger partial charge is 0.245 e. The maximum Gasteiger partial charge on any atom is 0.245 e. The Bertz CT molecular complexity index is 949.